The second-order valence-corrected chi connectivity index (χ2v) is 10.9. The van der Waals surface area contributed by atoms with E-state index < -0.39 is 0 Å². The van der Waals surface area contributed by atoms with Gasteiger partial charge in [-0.2, -0.15) is 0 Å². The molecule has 7 rings (SSSR count). The van der Waals surface area contributed by atoms with E-state index in [0.29, 0.717) is 11.1 Å². The minimum atomic E-state index is -0.350. The summed E-state index contributed by atoms with van der Waals surface area (Å²) in [6, 6.07) is 21.5. The summed E-state index contributed by atoms with van der Waals surface area (Å²) in [5.74, 6) is 0. The van der Waals surface area contributed by atoms with E-state index in [0.717, 1.165) is 32.3 Å². The van der Waals surface area contributed by atoms with Crippen molar-refractivity contribution >= 4 is 43.4 Å². The topological polar surface area (TPSA) is 38.9 Å². The summed E-state index contributed by atoms with van der Waals surface area (Å²) < 4.78 is 39.1. The van der Waals surface area contributed by atoms with Crippen molar-refractivity contribution in [2.24, 2.45) is 0 Å². The molecule has 0 saturated carbocycles. The van der Waals surface area contributed by atoms with Crippen LogP contribution in [0.15, 0.2) is 83.4 Å². The maximum absolute atomic E-state index is 8.23. The Bertz CT molecular complexity index is 2190. The molecule has 0 atom stereocenters. The third-order valence-electron chi connectivity index (χ3n) is 7.06. The molecule has 0 amide bonds. The minimum Gasteiger partial charge on any atom is -0.499 e. The summed E-state index contributed by atoms with van der Waals surface area (Å²) in [6.07, 6.45) is 1.59. The standard InChI is InChI=1S/C21H14NOS.C14H14N.Ir/c1-12-13(2)24-21-14(12)9-10-16-15-6-5-7-17(19(15)23-20(16)21)18-8-3-4-11-22-18;1-10-4-6-13(7-5-10)14-8-11(2)12(3)9-15-14;/h3-6,8-11H,1-2H3;4-6,8-9H,1-3H3;/q2*-1;/i3D,4D,8D,11D;;. The molecule has 0 fully saturated rings. The Kier molecular flexibility index (Phi) is 6.62. The van der Waals surface area contributed by atoms with Gasteiger partial charge < -0.3 is 14.4 Å². The van der Waals surface area contributed by atoms with Crippen LogP contribution in [0.5, 0.6) is 0 Å². The van der Waals surface area contributed by atoms with E-state index in [-0.39, 0.29) is 50.1 Å². The van der Waals surface area contributed by atoms with Gasteiger partial charge in [-0.3, -0.25) is 0 Å². The number of pyridine rings is 2. The number of fused-ring (bicyclic) bond motifs is 5. The first kappa shape index (κ1) is 23.1. The molecule has 201 valence electrons. The van der Waals surface area contributed by atoms with Crippen LogP contribution in [0.4, 0.5) is 0 Å². The normalized spacial score (nSPS) is 12.3. The van der Waals surface area contributed by atoms with Crippen molar-refractivity contribution in [2.75, 3.05) is 0 Å². The Labute approximate surface area is 257 Å². The summed E-state index contributed by atoms with van der Waals surface area (Å²) in [7, 11) is 0. The third-order valence-corrected chi connectivity index (χ3v) is 8.29. The fraction of sp³-hybridized carbons (Fsp3) is 0.143. The van der Waals surface area contributed by atoms with Crippen molar-refractivity contribution in [3.8, 4) is 22.5 Å². The van der Waals surface area contributed by atoms with Gasteiger partial charge in [0.1, 0.15) is 5.58 Å². The number of furan rings is 1. The van der Waals surface area contributed by atoms with Crippen LogP contribution in [-0.2, 0) is 20.1 Å². The number of aryl methyl sites for hydroxylation is 5. The Morgan fingerprint density at radius 1 is 0.825 bits per heavy atom. The Hall–Kier alpha value is -3.63. The number of aromatic nitrogens is 2. The van der Waals surface area contributed by atoms with Gasteiger partial charge >= 0.3 is 0 Å². The summed E-state index contributed by atoms with van der Waals surface area (Å²) in [5, 5.41) is 3.02. The van der Waals surface area contributed by atoms with Crippen LogP contribution in [0, 0.1) is 46.8 Å². The molecule has 0 aliphatic rings. The van der Waals surface area contributed by atoms with Crippen LogP contribution < -0.4 is 0 Å². The van der Waals surface area contributed by atoms with Gasteiger partial charge in [0.25, 0.3) is 0 Å². The molecule has 3 nitrogen and oxygen atoms in total. The summed E-state index contributed by atoms with van der Waals surface area (Å²) in [6.45, 7) is 10.4. The van der Waals surface area contributed by atoms with Crippen LogP contribution in [0.25, 0.3) is 54.5 Å². The third kappa shape index (κ3) is 5.13. The summed E-state index contributed by atoms with van der Waals surface area (Å²) in [5.41, 5.74) is 8.93. The van der Waals surface area contributed by atoms with E-state index in [1.165, 1.54) is 32.5 Å². The van der Waals surface area contributed by atoms with Crippen LogP contribution >= 0.6 is 11.3 Å². The minimum absolute atomic E-state index is 0. The van der Waals surface area contributed by atoms with E-state index in [1.54, 1.807) is 17.4 Å². The number of nitrogens with zero attached hydrogens (tertiary/aromatic N) is 2. The molecule has 0 unspecified atom stereocenters. The fourth-order valence-corrected chi connectivity index (χ4v) is 5.70. The molecule has 0 spiro atoms. The van der Waals surface area contributed by atoms with Gasteiger partial charge in [0.2, 0.25) is 0 Å². The Morgan fingerprint density at radius 2 is 1.62 bits per heavy atom. The van der Waals surface area contributed by atoms with Crippen molar-refractivity contribution in [1.29, 1.82) is 0 Å². The maximum atomic E-state index is 8.23. The molecule has 0 aliphatic carbocycles. The van der Waals surface area contributed by atoms with Gasteiger partial charge in [-0.05, 0) is 61.6 Å². The second-order valence-electron chi connectivity index (χ2n) is 9.68. The predicted octanol–water partition coefficient (Wildman–Crippen LogP) is 9.75. The predicted molar refractivity (Wildman–Crippen MR) is 163 cm³/mol. The molecule has 4 aromatic heterocycles. The van der Waals surface area contributed by atoms with Crippen molar-refractivity contribution in [3.05, 3.63) is 118 Å². The zero-order valence-electron chi connectivity index (χ0n) is 26.7. The van der Waals surface area contributed by atoms with Crippen molar-refractivity contribution < 1.29 is 30.0 Å². The molecular weight excluding hydrogens is 689 g/mol. The van der Waals surface area contributed by atoms with E-state index in [1.807, 2.05) is 24.4 Å². The van der Waals surface area contributed by atoms with Crippen LogP contribution in [0.3, 0.4) is 0 Å². The van der Waals surface area contributed by atoms with E-state index in [2.05, 4.69) is 81.0 Å². The fourth-order valence-electron chi connectivity index (χ4n) is 4.55. The molecule has 0 saturated heterocycles. The van der Waals surface area contributed by atoms with Crippen LogP contribution in [-0.4, -0.2) is 9.97 Å². The SMILES string of the molecule is Cc1c[c-]c(-c2cc(C)c(C)cn2)cc1.[2H]c1nc(-c2[c-]ccc3c2oc2c3ccc3c(C)c(C)sc32)c([2H])c([2H])c1[2H].[Ir]. The summed E-state index contributed by atoms with van der Waals surface area (Å²) >= 11 is 1.69. The van der Waals surface area contributed by atoms with E-state index >= 15 is 0 Å². The van der Waals surface area contributed by atoms with Gasteiger partial charge in [0.15, 0.2) is 0 Å². The van der Waals surface area contributed by atoms with E-state index in [4.69, 9.17) is 9.90 Å². The van der Waals surface area contributed by atoms with Crippen LogP contribution in [0.1, 0.15) is 32.6 Å². The van der Waals surface area contributed by atoms with Gasteiger partial charge in [0, 0.05) is 42.7 Å². The number of rotatable bonds is 2. The molecule has 0 N–H and O–H groups in total. The summed E-state index contributed by atoms with van der Waals surface area (Å²) in [4.78, 5) is 9.74. The number of hydrogen-bond donors (Lipinski definition) is 0. The van der Waals surface area contributed by atoms with Crippen molar-refractivity contribution in [1.82, 2.24) is 9.97 Å². The van der Waals surface area contributed by atoms with Gasteiger partial charge in [-0.25, -0.2) is 0 Å². The van der Waals surface area contributed by atoms with Gasteiger partial charge in [-0.15, -0.1) is 64.9 Å². The quantitative estimate of drug-likeness (QED) is 0.167. The van der Waals surface area contributed by atoms with Crippen LogP contribution in [0.2, 0.25) is 0 Å². The molecule has 0 bridgehead atoms. The average Bonchev–Trinajstić information content (AvgIpc) is 3.53. The molecule has 3 aromatic carbocycles. The van der Waals surface area contributed by atoms with Crippen molar-refractivity contribution in [3.63, 3.8) is 0 Å². The number of thiophene rings is 1. The zero-order valence-corrected chi connectivity index (χ0v) is 26.0. The van der Waals surface area contributed by atoms with Gasteiger partial charge in [0.05, 0.1) is 15.8 Å². The van der Waals surface area contributed by atoms with E-state index in [9.17, 15) is 0 Å². The smallest absolute Gasteiger partial charge is 0.138 e. The Balaban J connectivity index is 0.000000204. The zero-order chi connectivity index (χ0) is 30.6. The maximum Gasteiger partial charge on any atom is 0.138 e. The molecule has 7 aromatic rings. The second kappa shape index (κ2) is 11.5. The molecule has 5 heteroatoms. The molecule has 40 heavy (non-hydrogen) atoms. The Morgan fingerprint density at radius 3 is 2.40 bits per heavy atom. The van der Waals surface area contributed by atoms with Crippen molar-refractivity contribution in [2.45, 2.75) is 34.6 Å². The molecule has 4 heterocycles. The first-order valence-electron chi connectivity index (χ1n) is 14.7. The molecule has 1 radical (unpaired) electrons. The molecule has 0 aliphatic heterocycles. The average molecular weight is 721 g/mol. The largest absolute Gasteiger partial charge is 0.499 e. The number of hydrogen-bond acceptors (Lipinski definition) is 4. The monoisotopic (exact) mass is 721 g/mol. The number of benzene rings is 3. The van der Waals surface area contributed by atoms with Gasteiger partial charge in [-0.1, -0.05) is 53.7 Å². The first-order valence-corrected chi connectivity index (χ1v) is 13.5. The first-order chi connectivity index (χ1) is 20.5. The molecular formula is C35H28IrN2OS-2.